The molecule has 2 aromatic carbocycles. The van der Waals surface area contributed by atoms with Gasteiger partial charge in [0.05, 0.1) is 12.2 Å². The fourth-order valence-corrected chi connectivity index (χ4v) is 2.53. The molecule has 110 valence electrons. The van der Waals surface area contributed by atoms with Crippen LogP contribution in [-0.2, 0) is 12.6 Å². The van der Waals surface area contributed by atoms with Crippen LogP contribution in [-0.4, -0.2) is 6.61 Å². The first kappa shape index (κ1) is 13.8. The second-order valence-electron chi connectivity index (χ2n) is 5.07. The van der Waals surface area contributed by atoms with E-state index in [2.05, 4.69) is 0 Å². The summed E-state index contributed by atoms with van der Waals surface area (Å²) in [7, 11) is 0. The lowest BCUT2D eigenvalue weighted by atomic mass is 9.97. The van der Waals surface area contributed by atoms with Gasteiger partial charge in [-0.25, -0.2) is 0 Å². The van der Waals surface area contributed by atoms with Gasteiger partial charge in [0.1, 0.15) is 5.75 Å². The molecular formula is C16H14F3NO. The molecule has 1 heterocycles. The molecule has 3 rings (SSSR count). The van der Waals surface area contributed by atoms with Gasteiger partial charge in [0, 0.05) is 11.3 Å². The van der Waals surface area contributed by atoms with Crippen LogP contribution in [0.2, 0.25) is 0 Å². The molecule has 0 amide bonds. The lowest BCUT2D eigenvalue weighted by molar-refractivity contribution is -0.137. The highest BCUT2D eigenvalue weighted by Crippen LogP contribution is 2.36. The van der Waals surface area contributed by atoms with Crippen molar-refractivity contribution in [1.29, 1.82) is 0 Å². The van der Waals surface area contributed by atoms with Crippen molar-refractivity contribution in [3.63, 3.8) is 0 Å². The van der Waals surface area contributed by atoms with Crippen molar-refractivity contribution in [2.45, 2.75) is 19.0 Å². The molecule has 0 unspecified atom stereocenters. The topological polar surface area (TPSA) is 35.2 Å². The molecule has 2 aromatic rings. The summed E-state index contributed by atoms with van der Waals surface area (Å²) in [6.07, 6.45) is -2.53. The second kappa shape index (κ2) is 4.98. The number of alkyl halides is 3. The van der Waals surface area contributed by atoms with Crippen LogP contribution >= 0.6 is 0 Å². The highest BCUT2D eigenvalue weighted by Gasteiger charge is 2.30. The number of anilines is 1. The van der Waals surface area contributed by atoms with Crippen LogP contribution in [0.4, 0.5) is 18.9 Å². The van der Waals surface area contributed by atoms with Gasteiger partial charge in [-0.3, -0.25) is 0 Å². The Morgan fingerprint density at radius 2 is 1.86 bits per heavy atom. The molecule has 0 bridgehead atoms. The van der Waals surface area contributed by atoms with Gasteiger partial charge in [-0.15, -0.1) is 0 Å². The van der Waals surface area contributed by atoms with E-state index >= 15 is 0 Å². The zero-order valence-electron chi connectivity index (χ0n) is 11.2. The van der Waals surface area contributed by atoms with Gasteiger partial charge in [-0.1, -0.05) is 12.1 Å². The zero-order valence-corrected chi connectivity index (χ0v) is 11.2. The Bertz CT molecular complexity index is 680. The summed E-state index contributed by atoms with van der Waals surface area (Å²) in [4.78, 5) is 0. The van der Waals surface area contributed by atoms with E-state index in [1.807, 2.05) is 18.2 Å². The summed E-state index contributed by atoms with van der Waals surface area (Å²) in [6, 6.07) is 9.06. The number of ether oxygens (including phenoxy) is 1. The summed E-state index contributed by atoms with van der Waals surface area (Å²) < 4.78 is 43.5. The van der Waals surface area contributed by atoms with Crippen LogP contribution in [0.25, 0.3) is 11.1 Å². The molecule has 1 aliphatic rings. The SMILES string of the molecule is Nc1cc(C(F)(F)F)ccc1-c1ccc2c(c1)CCCO2. The minimum atomic E-state index is -4.38. The first-order chi connectivity index (χ1) is 9.95. The van der Waals surface area contributed by atoms with Gasteiger partial charge < -0.3 is 10.5 Å². The summed E-state index contributed by atoms with van der Waals surface area (Å²) in [6.45, 7) is 0.703. The molecule has 0 atom stereocenters. The van der Waals surface area contributed by atoms with Crippen molar-refractivity contribution in [3.8, 4) is 16.9 Å². The number of nitrogens with two attached hydrogens (primary N) is 1. The number of aryl methyl sites for hydroxylation is 1. The predicted octanol–water partition coefficient (Wildman–Crippen LogP) is 4.28. The molecule has 0 aliphatic carbocycles. The van der Waals surface area contributed by atoms with E-state index in [1.165, 1.54) is 6.07 Å². The first-order valence-electron chi connectivity index (χ1n) is 6.68. The number of benzene rings is 2. The molecule has 1 aliphatic heterocycles. The lowest BCUT2D eigenvalue weighted by Crippen LogP contribution is -2.08. The number of rotatable bonds is 1. The van der Waals surface area contributed by atoms with Crippen LogP contribution in [0.15, 0.2) is 36.4 Å². The Kier molecular flexibility index (Phi) is 3.27. The maximum Gasteiger partial charge on any atom is 0.416 e. The second-order valence-corrected chi connectivity index (χ2v) is 5.07. The maximum atomic E-state index is 12.7. The van der Waals surface area contributed by atoms with Gasteiger partial charge in [-0.2, -0.15) is 13.2 Å². The average molecular weight is 293 g/mol. The van der Waals surface area contributed by atoms with E-state index in [0.717, 1.165) is 41.9 Å². The maximum absolute atomic E-state index is 12.7. The third-order valence-electron chi connectivity index (χ3n) is 3.60. The summed E-state index contributed by atoms with van der Waals surface area (Å²) in [5.41, 5.74) is 7.68. The van der Waals surface area contributed by atoms with E-state index in [9.17, 15) is 13.2 Å². The third kappa shape index (κ3) is 2.68. The van der Waals surface area contributed by atoms with Crippen LogP contribution < -0.4 is 10.5 Å². The lowest BCUT2D eigenvalue weighted by Gasteiger charge is -2.18. The molecule has 5 heteroatoms. The number of hydrogen-bond acceptors (Lipinski definition) is 2. The molecular weight excluding hydrogens is 279 g/mol. The number of halogens is 3. The zero-order chi connectivity index (χ0) is 15.0. The van der Waals surface area contributed by atoms with Crippen molar-refractivity contribution in [2.75, 3.05) is 12.3 Å². The van der Waals surface area contributed by atoms with Crippen molar-refractivity contribution in [3.05, 3.63) is 47.5 Å². The quantitative estimate of drug-likeness (QED) is 0.796. The van der Waals surface area contributed by atoms with Gasteiger partial charge in [0.15, 0.2) is 0 Å². The summed E-state index contributed by atoms with van der Waals surface area (Å²) in [5.74, 6) is 0.843. The molecule has 21 heavy (non-hydrogen) atoms. The smallest absolute Gasteiger partial charge is 0.416 e. The van der Waals surface area contributed by atoms with Crippen LogP contribution in [0.3, 0.4) is 0 Å². The molecule has 0 spiro atoms. The minimum absolute atomic E-state index is 0.126. The summed E-state index contributed by atoms with van der Waals surface area (Å²) >= 11 is 0. The summed E-state index contributed by atoms with van der Waals surface area (Å²) in [5, 5.41) is 0. The van der Waals surface area contributed by atoms with Crippen LogP contribution in [0.5, 0.6) is 5.75 Å². The van der Waals surface area contributed by atoms with Crippen molar-refractivity contribution in [1.82, 2.24) is 0 Å². The molecule has 2 nitrogen and oxygen atoms in total. The third-order valence-corrected chi connectivity index (χ3v) is 3.60. The standard InChI is InChI=1S/C16H14F3NO/c17-16(18,19)12-4-5-13(14(20)9-12)10-3-6-15-11(8-10)2-1-7-21-15/h3-6,8-9H,1-2,7,20H2. The van der Waals surface area contributed by atoms with Gasteiger partial charge in [0.2, 0.25) is 0 Å². The Balaban J connectivity index is 2.01. The molecule has 0 saturated heterocycles. The van der Waals surface area contributed by atoms with Gasteiger partial charge >= 0.3 is 6.18 Å². The van der Waals surface area contributed by atoms with E-state index in [1.54, 1.807) is 0 Å². The van der Waals surface area contributed by atoms with E-state index < -0.39 is 11.7 Å². The van der Waals surface area contributed by atoms with E-state index in [4.69, 9.17) is 10.5 Å². The fraction of sp³-hybridized carbons (Fsp3) is 0.250. The molecule has 0 radical (unpaired) electrons. The predicted molar refractivity (Wildman–Crippen MR) is 75.1 cm³/mol. The number of nitrogen functional groups attached to an aromatic ring is 1. The Hall–Kier alpha value is -2.17. The van der Waals surface area contributed by atoms with Gasteiger partial charge in [-0.05, 0) is 48.2 Å². The average Bonchev–Trinajstić information content (AvgIpc) is 2.45. The largest absolute Gasteiger partial charge is 0.493 e. The first-order valence-corrected chi connectivity index (χ1v) is 6.68. The monoisotopic (exact) mass is 293 g/mol. The fourth-order valence-electron chi connectivity index (χ4n) is 2.53. The van der Waals surface area contributed by atoms with E-state index in [-0.39, 0.29) is 5.69 Å². The molecule has 2 N–H and O–H groups in total. The van der Waals surface area contributed by atoms with Gasteiger partial charge in [0.25, 0.3) is 0 Å². The van der Waals surface area contributed by atoms with Crippen molar-refractivity contribution in [2.24, 2.45) is 0 Å². The highest BCUT2D eigenvalue weighted by molar-refractivity contribution is 5.77. The number of fused-ring (bicyclic) bond motifs is 1. The van der Waals surface area contributed by atoms with E-state index in [0.29, 0.717) is 12.2 Å². The highest BCUT2D eigenvalue weighted by atomic mass is 19.4. The van der Waals surface area contributed by atoms with Crippen LogP contribution in [0, 0.1) is 0 Å². The molecule has 0 fully saturated rings. The molecule has 0 saturated carbocycles. The van der Waals surface area contributed by atoms with Crippen molar-refractivity contribution >= 4 is 5.69 Å². The molecule has 0 aromatic heterocycles. The Labute approximate surface area is 120 Å². The minimum Gasteiger partial charge on any atom is -0.493 e. The number of hydrogen-bond donors (Lipinski definition) is 1. The normalized spacial score (nSPS) is 14.4. The van der Waals surface area contributed by atoms with Crippen LogP contribution in [0.1, 0.15) is 17.5 Å². The Morgan fingerprint density at radius 1 is 1.05 bits per heavy atom. The Morgan fingerprint density at radius 3 is 2.57 bits per heavy atom. The van der Waals surface area contributed by atoms with Crippen molar-refractivity contribution < 1.29 is 17.9 Å².